The van der Waals surface area contributed by atoms with Crippen LogP contribution in [-0.4, -0.2) is 50.5 Å². The molecule has 0 unspecified atom stereocenters. The summed E-state index contributed by atoms with van der Waals surface area (Å²) in [5, 5.41) is 5.82. The van der Waals surface area contributed by atoms with E-state index in [1.807, 2.05) is 30.3 Å². The largest absolute Gasteiger partial charge is 0.460 e. The Morgan fingerprint density at radius 2 is 1.88 bits per heavy atom. The van der Waals surface area contributed by atoms with Crippen molar-refractivity contribution in [3.05, 3.63) is 35.9 Å². The molecule has 1 aromatic carbocycles. The van der Waals surface area contributed by atoms with E-state index in [0.29, 0.717) is 13.1 Å². The number of nitrogens with one attached hydrogen (secondary N) is 4. The number of hydrogen-bond donors (Lipinski definition) is 5. The second-order valence-corrected chi connectivity index (χ2v) is 5.27. The van der Waals surface area contributed by atoms with Gasteiger partial charge in [-0.1, -0.05) is 30.3 Å². The van der Waals surface area contributed by atoms with Gasteiger partial charge in [-0.2, -0.15) is 0 Å². The van der Waals surface area contributed by atoms with Crippen LogP contribution in [0.5, 0.6) is 0 Å². The van der Waals surface area contributed by atoms with Crippen LogP contribution in [0, 0.1) is 0 Å². The molecule has 6 N–H and O–H groups in total. The maximum absolute atomic E-state index is 12.0. The average molecular weight is 351 g/mol. The molecule has 0 radical (unpaired) electrons. The van der Waals surface area contributed by atoms with Crippen molar-refractivity contribution in [1.29, 1.82) is 0 Å². The molecule has 0 aromatic heterocycles. The Hall–Kier alpha value is -2.49. The van der Waals surface area contributed by atoms with Crippen LogP contribution in [-0.2, 0) is 25.7 Å². The van der Waals surface area contributed by atoms with Gasteiger partial charge in [-0.05, 0) is 12.6 Å². The molecule has 0 aliphatic rings. The number of carbonyl (C=O) groups is 3. The van der Waals surface area contributed by atoms with Gasteiger partial charge in [0.25, 0.3) is 5.91 Å². The highest BCUT2D eigenvalue weighted by molar-refractivity contribution is 5.87. The quantitative estimate of drug-likeness (QED) is 0.174. The van der Waals surface area contributed by atoms with Crippen LogP contribution in [0.4, 0.5) is 0 Å². The van der Waals surface area contributed by atoms with Crippen LogP contribution < -0.4 is 27.2 Å². The normalized spacial score (nSPS) is 11.6. The van der Waals surface area contributed by atoms with E-state index >= 15 is 0 Å². The van der Waals surface area contributed by atoms with Crippen molar-refractivity contribution in [2.45, 2.75) is 19.1 Å². The van der Waals surface area contributed by atoms with E-state index in [4.69, 9.17) is 10.5 Å². The van der Waals surface area contributed by atoms with E-state index in [1.165, 1.54) is 0 Å². The first-order chi connectivity index (χ1) is 12.0. The third kappa shape index (κ3) is 9.40. The number of amides is 2. The molecule has 1 atom stereocenters. The van der Waals surface area contributed by atoms with Gasteiger partial charge in [0.15, 0.2) is 0 Å². The van der Waals surface area contributed by atoms with Crippen LogP contribution in [0.2, 0.25) is 0 Å². The van der Waals surface area contributed by atoms with E-state index in [2.05, 4.69) is 21.5 Å². The van der Waals surface area contributed by atoms with E-state index in [-0.39, 0.29) is 19.6 Å². The summed E-state index contributed by atoms with van der Waals surface area (Å²) >= 11 is 0. The smallest absolute Gasteiger partial charge is 0.322 e. The van der Waals surface area contributed by atoms with E-state index in [9.17, 15) is 14.4 Å². The summed E-state index contributed by atoms with van der Waals surface area (Å²) in [6, 6.07) is 8.47. The Bertz CT molecular complexity index is 553. The Morgan fingerprint density at radius 1 is 1.16 bits per heavy atom. The van der Waals surface area contributed by atoms with Crippen molar-refractivity contribution in [2.24, 2.45) is 5.73 Å². The highest BCUT2D eigenvalue weighted by Crippen LogP contribution is 2.00. The number of hydrogen-bond acceptors (Lipinski definition) is 7. The maximum Gasteiger partial charge on any atom is 0.322 e. The lowest BCUT2D eigenvalue weighted by Gasteiger charge is -2.17. The number of primary amides is 1. The van der Waals surface area contributed by atoms with Gasteiger partial charge in [0.2, 0.25) is 5.91 Å². The standard InChI is InChI=1S/C16H25N5O4/c1-18-7-8-19-13(9-14(17)22)16(24)21-20-10-15(23)25-11-12-5-3-2-4-6-12/h2-6,13,18-20H,7-11H2,1H3,(H2,17,22)(H,21,24)/t13-/m0/s1. The lowest BCUT2D eigenvalue weighted by Crippen LogP contribution is -2.52. The van der Waals surface area contributed by atoms with Gasteiger partial charge in [0.1, 0.15) is 13.2 Å². The first-order valence-electron chi connectivity index (χ1n) is 7.91. The zero-order valence-electron chi connectivity index (χ0n) is 14.2. The molecular formula is C16H25N5O4. The molecule has 0 heterocycles. The van der Waals surface area contributed by atoms with Gasteiger partial charge in [-0.25, -0.2) is 5.43 Å². The van der Waals surface area contributed by atoms with Crippen LogP contribution >= 0.6 is 0 Å². The van der Waals surface area contributed by atoms with Gasteiger partial charge in [0.05, 0.1) is 12.5 Å². The van der Waals surface area contributed by atoms with Crippen molar-refractivity contribution in [2.75, 3.05) is 26.7 Å². The highest BCUT2D eigenvalue weighted by atomic mass is 16.5. The van der Waals surface area contributed by atoms with Crippen LogP contribution in [0.15, 0.2) is 30.3 Å². The predicted octanol–water partition coefficient (Wildman–Crippen LogP) is -1.60. The summed E-state index contributed by atoms with van der Waals surface area (Å²) in [7, 11) is 1.77. The summed E-state index contributed by atoms with van der Waals surface area (Å²) in [5.74, 6) is -1.59. The fourth-order valence-electron chi connectivity index (χ4n) is 1.91. The molecule has 0 saturated carbocycles. The third-order valence-corrected chi connectivity index (χ3v) is 3.17. The summed E-state index contributed by atoms with van der Waals surface area (Å²) in [6.45, 7) is 1.08. The molecule has 25 heavy (non-hydrogen) atoms. The number of carbonyl (C=O) groups excluding carboxylic acids is 3. The molecule has 1 aromatic rings. The van der Waals surface area contributed by atoms with Crippen LogP contribution in [0.1, 0.15) is 12.0 Å². The van der Waals surface area contributed by atoms with Crippen molar-refractivity contribution >= 4 is 17.8 Å². The zero-order chi connectivity index (χ0) is 18.5. The van der Waals surface area contributed by atoms with E-state index in [1.54, 1.807) is 7.05 Å². The molecule has 138 valence electrons. The molecule has 0 spiro atoms. The molecule has 1 rings (SSSR count). The fourth-order valence-corrected chi connectivity index (χ4v) is 1.91. The number of nitrogens with two attached hydrogens (primary N) is 1. The fraction of sp³-hybridized carbons (Fsp3) is 0.438. The summed E-state index contributed by atoms with van der Waals surface area (Å²) in [5.41, 5.74) is 10.9. The van der Waals surface area contributed by atoms with E-state index < -0.39 is 23.8 Å². The monoisotopic (exact) mass is 351 g/mol. The first kappa shape index (κ1) is 20.6. The Balaban J connectivity index is 2.29. The molecule has 0 aliphatic carbocycles. The van der Waals surface area contributed by atoms with Crippen molar-refractivity contribution in [1.82, 2.24) is 21.5 Å². The minimum atomic E-state index is -0.779. The van der Waals surface area contributed by atoms with Gasteiger partial charge >= 0.3 is 5.97 Å². The molecule has 0 saturated heterocycles. The Labute approximate surface area is 146 Å². The topological polar surface area (TPSA) is 135 Å². The molecular weight excluding hydrogens is 326 g/mol. The van der Waals surface area contributed by atoms with Gasteiger partial charge in [-0.3, -0.25) is 19.8 Å². The van der Waals surface area contributed by atoms with Gasteiger partial charge in [0, 0.05) is 13.1 Å². The predicted molar refractivity (Wildman–Crippen MR) is 91.9 cm³/mol. The molecule has 0 aliphatic heterocycles. The molecule has 9 nitrogen and oxygen atoms in total. The van der Waals surface area contributed by atoms with Gasteiger partial charge in [-0.15, -0.1) is 0 Å². The number of ether oxygens (including phenoxy) is 1. The Morgan fingerprint density at radius 3 is 2.52 bits per heavy atom. The lowest BCUT2D eigenvalue weighted by molar-refractivity contribution is -0.144. The minimum absolute atomic E-state index is 0.143. The Kier molecular flexibility index (Phi) is 9.83. The van der Waals surface area contributed by atoms with Gasteiger partial charge < -0.3 is 21.1 Å². The molecule has 0 fully saturated rings. The molecule has 9 heteroatoms. The number of rotatable bonds is 12. The van der Waals surface area contributed by atoms with Crippen molar-refractivity contribution < 1.29 is 19.1 Å². The summed E-state index contributed by atoms with van der Waals surface area (Å²) in [6.07, 6.45) is -0.143. The number of esters is 1. The molecule has 0 bridgehead atoms. The molecule has 2 amide bonds. The first-order valence-corrected chi connectivity index (χ1v) is 7.91. The van der Waals surface area contributed by atoms with Crippen LogP contribution in [0.3, 0.4) is 0 Å². The van der Waals surface area contributed by atoms with Crippen LogP contribution in [0.25, 0.3) is 0 Å². The zero-order valence-corrected chi connectivity index (χ0v) is 14.2. The van der Waals surface area contributed by atoms with E-state index in [0.717, 1.165) is 5.56 Å². The summed E-state index contributed by atoms with van der Waals surface area (Å²) in [4.78, 5) is 34.7. The minimum Gasteiger partial charge on any atom is -0.460 e. The average Bonchev–Trinajstić information content (AvgIpc) is 2.59. The second-order valence-electron chi connectivity index (χ2n) is 5.27. The highest BCUT2D eigenvalue weighted by Gasteiger charge is 2.20. The number of likely N-dealkylation sites (N-methyl/N-ethyl adjacent to an activating group) is 1. The SMILES string of the molecule is CNCCN[C@@H](CC(N)=O)C(=O)NNCC(=O)OCc1ccccc1. The lowest BCUT2D eigenvalue weighted by atomic mass is 10.2. The second kappa shape index (κ2) is 12.0. The number of benzene rings is 1. The number of hydrazine groups is 1. The van der Waals surface area contributed by atoms with Crippen molar-refractivity contribution in [3.8, 4) is 0 Å². The maximum atomic E-state index is 12.0. The third-order valence-electron chi connectivity index (χ3n) is 3.17. The van der Waals surface area contributed by atoms with Crippen molar-refractivity contribution in [3.63, 3.8) is 0 Å². The summed E-state index contributed by atoms with van der Waals surface area (Å²) < 4.78 is 5.06.